The van der Waals surface area contributed by atoms with E-state index in [1.807, 2.05) is 0 Å². The van der Waals surface area contributed by atoms with Gasteiger partial charge in [0.25, 0.3) is 0 Å². The van der Waals surface area contributed by atoms with E-state index in [2.05, 4.69) is 180 Å². The highest BCUT2D eigenvalue weighted by atomic mass is 31.1. The number of anilines is 2. The van der Waals surface area contributed by atoms with Crippen LogP contribution in [-0.4, -0.2) is 33.5 Å². The fourth-order valence-corrected chi connectivity index (χ4v) is 11.4. The molecule has 10 aromatic rings. The number of furan rings is 1. The molecule has 4 nitrogen and oxygen atoms in total. The summed E-state index contributed by atoms with van der Waals surface area (Å²) in [7, 11) is 5.31. The fraction of sp³-hybridized carbons (Fsp3) is 0. The molecule has 1 unspecified atom stereocenters. The molecule has 0 saturated heterocycles. The summed E-state index contributed by atoms with van der Waals surface area (Å²) in [5.74, 6) is 0.662. The van der Waals surface area contributed by atoms with Gasteiger partial charge in [-0.05, 0) is 39.2 Å². The molecule has 1 atom stereocenters. The molecule has 2 aromatic heterocycles. The smallest absolute Gasteiger partial charge is 0.235 e. The molecule has 0 N–H and O–H groups in total. The second kappa shape index (κ2) is 11.9. The van der Waals surface area contributed by atoms with Gasteiger partial charge in [0, 0.05) is 37.9 Å². The van der Waals surface area contributed by atoms with Gasteiger partial charge in [-0.1, -0.05) is 156 Å². The molecule has 0 aliphatic carbocycles. The number of para-hydroxylation sites is 2. The van der Waals surface area contributed by atoms with Crippen LogP contribution < -0.4 is 31.7 Å². The monoisotopic (exact) mass is 705 g/mol. The van der Waals surface area contributed by atoms with Crippen molar-refractivity contribution in [3.63, 3.8) is 0 Å². The van der Waals surface area contributed by atoms with Crippen molar-refractivity contribution in [2.24, 2.45) is 0 Å². The predicted molar refractivity (Wildman–Crippen MR) is 238 cm³/mol. The number of aromatic nitrogens is 2. The van der Waals surface area contributed by atoms with Gasteiger partial charge in [-0.2, -0.15) is 0 Å². The zero-order chi connectivity index (χ0) is 36.1. The van der Waals surface area contributed by atoms with Crippen LogP contribution >= 0.6 is 8.07 Å². The van der Waals surface area contributed by atoms with E-state index in [1.54, 1.807) is 0 Å². The van der Waals surface area contributed by atoms with Crippen molar-refractivity contribution in [3.8, 4) is 22.4 Å². The summed E-state index contributed by atoms with van der Waals surface area (Å²) in [6.07, 6.45) is 0. The quantitative estimate of drug-likeness (QED) is 0.157. The van der Waals surface area contributed by atoms with Gasteiger partial charge in [-0.15, -0.1) is 0 Å². The van der Waals surface area contributed by atoms with Gasteiger partial charge in [0.2, 0.25) is 5.95 Å². The third-order valence-electron chi connectivity index (χ3n) is 11.0. The number of hydrogen-bond donors (Lipinski definition) is 0. The van der Waals surface area contributed by atoms with Gasteiger partial charge in [-0.25, -0.2) is 9.97 Å². The van der Waals surface area contributed by atoms with Gasteiger partial charge in [0.05, 0.1) is 19.3 Å². The highest BCUT2D eigenvalue weighted by Gasteiger charge is 2.40. The fourth-order valence-electron chi connectivity index (χ4n) is 8.92. The Morgan fingerprint density at radius 1 is 0.537 bits per heavy atom. The lowest BCUT2D eigenvalue weighted by Gasteiger charge is -2.40. The molecule has 8 heteroatoms. The second-order valence-electron chi connectivity index (χ2n) is 14.4. The molecule has 1 aliphatic heterocycles. The minimum atomic E-state index is -1.25. The van der Waals surface area contributed by atoms with E-state index in [-0.39, 0.29) is 0 Å². The first kappa shape index (κ1) is 31.4. The largest absolute Gasteiger partial charge is 0.454 e. The maximum Gasteiger partial charge on any atom is 0.235 e. The average Bonchev–Trinajstić information content (AvgIpc) is 3.60. The molecule has 8 aromatic carbocycles. The molecule has 0 bridgehead atoms. The highest BCUT2D eigenvalue weighted by molar-refractivity contribution is 7.75. The lowest BCUT2D eigenvalue weighted by Crippen LogP contribution is -2.32. The molecular weight excluding hydrogens is 674 g/mol. The molecule has 54 heavy (non-hydrogen) atoms. The van der Waals surface area contributed by atoms with Crippen molar-refractivity contribution in [2.45, 2.75) is 0 Å². The molecule has 0 amide bonds. The van der Waals surface area contributed by atoms with Crippen LogP contribution in [0.25, 0.3) is 76.8 Å². The summed E-state index contributed by atoms with van der Waals surface area (Å²) in [6.45, 7) is 0. The van der Waals surface area contributed by atoms with Crippen LogP contribution in [0.2, 0.25) is 0 Å². The Balaban J connectivity index is 1.37. The van der Waals surface area contributed by atoms with Gasteiger partial charge >= 0.3 is 0 Å². The Bertz CT molecular complexity index is 3160. The van der Waals surface area contributed by atoms with Crippen molar-refractivity contribution in [3.05, 3.63) is 152 Å². The SMILES string of the molecule is Bc1cc(B)c(-c2nc(N3c4c(c5ccccc5c5c4oc4ccccc45)-c4c(ccc5ccccc45)P3c3ccccc3)nc3ccccc23)c(B)c1. The summed E-state index contributed by atoms with van der Waals surface area (Å²) in [4.78, 5) is 11.2. The third kappa shape index (κ3) is 4.52. The standard InChI is InChI=1S/C46H31B3N3OP/c47-27-24-34(48)42(35(49)25-27)43-32-18-8-10-20-36(32)50-46(51-43)52-44-41(31-17-7-6-16-30(31)39-33-19-9-11-21-37(33)53-45(39)44)40-29-15-5-4-12-26(29)22-23-38(40)54(52)28-13-2-1-3-14-28/h1-25H,47-49H2. The molecule has 0 spiro atoms. The van der Waals surface area contributed by atoms with Gasteiger partial charge in [-0.3, -0.25) is 4.67 Å². The van der Waals surface area contributed by atoms with Crippen LogP contribution in [0.1, 0.15) is 0 Å². The topological polar surface area (TPSA) is 42.2 Å². The predicted octanol–water partition coefficient (Wildman–Crippen LogP) is 6.44. The third-order valence-corrected chi connectivity index (χ3v) is 13.4. The molecule has 0 radical (unpaired) electrons. The maximum atomic E-state index is 7.09. The summed E-state index contributed by atoms with van der Waals surface area (Å²) in [6, 6.07) is 54.6. The zero-order valence-corrected chi connectivity index (χ0v) is 31.0. The molecule has 3 heterocycles. The summed E-state index contributed by atoms with van der Waals surface area (Å²) >= 11 is 0. The van der Waals surface area contributed by atoms with Gasteiger partial charge in [0.15, 0.2) is 5.58 Å². The first-order valence-electron chi connectivity index (χ1n) is 18.4. The number of nitrogens with zero attached hydrogens (tertiary/aromatic N) is 3. The summed E-state index contributed by atoms with van der Waals surface area (Å²) in [5.41, 5.74) is 11.8. The minimum Gasteiger partial charge on any atom is -0.454 e. The number of hydrogen-bond acceptors (Lipinski definition) is 4. The molecule has 250 valence electrons. The van der Waals surface area contributed by atoms with Gasteiger partial charge < -0.3 is 4.42 Å². The second-order valence-corrected chi connectivity index (χ2v) is 16.4. The van der Waals surface area contributed by atoms with Gasteiger partial charge in [0.1, 0.15) is 34.8 Å². The Morgan fingerprint density at radius 2 is 1.19 bits per heavy atom. The zero-order valence-electron chi connectivity index (χ0n) is 30.1. The van der Waals surface area contributed by atoms with Crippen LogP contribution in [0, 0.1) is 0 Å². The molecule has 0 fully saturated rings. The lowest BCUT2D eigenvalue weighted by molar-refractivity contribution is 0.669. The van der Waals surface area contributed by atoms with Crippen molar-refractivity contribution in [1.82, 2.24) is 9.97 Å². The van der Waals surface area contributed by atoms with Crippen molar-refractivity contribution >= 4 is 125 Å². The molecule has 0 saturated carbocycles. The summed E-state index contributed by atoms with van der Waals surface area (Å²) in [5, 5.41) is 10.5. The Kier molecular flexibility index (Phi) is 6.93. The van der Waals surface area contributed by atoms with E-state index < -0.39 is 8.07 Å². The lowest BCUT2D eigenvalue weighted by atomic mass is 9.75. The molecule has 1 aliphatic rings. The maximum absolute atomic E-state index is 7.09. The van der Waals surface area contributed by atoms with Crippen LogP contribution in [0.5, 0.6) is 0 Å². The average molecular weight is 705 g/mol. The van der Waals surface area contributed by atoms with Crippen molar-refractivity contribution in [1.29, 1.82) is 0 Å². The number of fused-ring (bicyclic) bond motifs is 13. The van der Waals surface area contributed by atoms with E-state index in [9.17, 15) is 0 Å². The van der Waals surface area contributed by atoms with Crippen LogP contribution in [0.4, 0.5) is 11.6 Å². The van der Waals surface area contributed by atoms with E-state index in [4.69, 9.17) is 14.4 Å². The Labute approximate surface area is 316 Å². The number of benzene rings is 8. The molecule has 11 rings (SSSR count). The Hall–Kier alpha value is -6.16. The van der Waals surface area contributed by atoms with Crippen LogP contribution in [-0.2, 0) is 0 Å². The van der Waals surface area contributed by atoms with E-state index in [0.29, 0.717) is 5.95 Å². The molecular formula is C46H31B3N3OP. The normalized spacial score (nSPS) is 13.9. The minimum absolute atomic E-state index is 0.662. The van der Waals surface area contributed by atoms with Crippen LogP contribution in [0.3, 0.4) is 0 Å². The van der Waals surface area contributed by atoms with Crippen LogP contribution in [0.15, 0.2) is 156 Å². The van der Waals surface area contributed by atoms with E-state index in [0.717, 1.165) is 55.3 Å². The van der Waals surface area contributed by atoms with E-state index in [1.165, 1.54) is 54.1 Å². The van der Waals surface area contributed by atoms with Crippen molar-refractivity contribution in [2.75, 3.05) is 4.67 Å². The Morgan fingerprint density at radius 3 is 1.98 bits per heavy atom. The number of rotatable bonds is 3. The van der Waals surface area contributed by atoms with Crippen molar-refractivity contribution < 1.29 is 4.42 Å². The summed E-state index contributed by atoms with van der Waals surface area (Å²) < 4.78 is 9.54. The first-order chi connectivity index (χ1) is 26.5. The first-order valence-corrected chi connectivity index (χ1v) is 19.7. The highest BCUT2D eigenvalue weighted by Crippen LogP contribution is 2.61. The van der Waals surface area contributed by atoms with E-state index >= 15 is 0 Å².